The number of piperidine rings is 1. The minimum absolute atomic E-state index is 0.299. The Morgan fingerprint density at radius 2 is 1.93 bits per heavy atom. The Balaban J connectivity index is 2.21. The van der Waals surface area contributed by atoms with E-state index in [0.717, 1.165) is 24.5 Å². The fourth-order valence-electron chi connectivity index (χ4n) is 3.51. The van der Waals surface area contributed by atoms with Crippen molar-refractivity contribution in [3.63, 3.8) is 0 Å². The summed E-state index contributed by atoms with van der Waals surface area (Å²) in [6.07, 6.45) is 2.66. The molecule has 2 unspecified atom stereocenters. The summed E-state index contributed by atoms with van der Waals surface area (Å²) in [6, 6.07) is 1.52. The molecule has 0 amide bonds. The van der Waals surface area contributed by atoms with Gasteiger partial charge in [-0.2, -0.15) is 0 Å². The third-order valence-corrected chi connectivity index (χ3v) is 4.41. The molecule has 0 bridgehead atoms. The first kappa shape index (κ1) is 11.4. The molecule has 0 aromatic heterocycles. The van der Waals surface area contributed by atoms with Gasteiger partial charge in [-0.05, 0) is 46.1 Å². The van der Waals surface area contributed by atoms with Crippen molar-refractivity contribution < 1.29 is 0 Å². The Bertz CT molecular complexity index is 254. The second-order valence-corrected chi connectivity index (χ2v) is 6.88. The van der Waals surface area contributed by atoms with E-state index in [1.807, 2.05) is 0 Å². The van der Waals surface area contributed by atoms with Crippen LogP contribution in [0.25, 0.3) is 0 Å². The number of rotatable bonds is 2. The molecule has 1 saturated heterocycles. The molecule has 2 N–H and O–H groups in total. The molecule has 1 heterocycles. The maximum atomic E-state index is 5.95. The van der Waals surface area contributed by atoms with E-state index in [1.165, 1.54) is 12.8 Å². The van der Waals surface area contributed by atoms with Gasteiger partial charge in [-0.1, -0.05) is 13.8 Å². The number of likely N-dealkylation sites (tertiary alicyclic amines) is 1. The van der Waals surface area contributed by atoms with Crippen molar-refractivity contribution in [2.75, 3.05) is 6.54 Å². The summed E-state index contributed by atoms with van der Waals surface area (Å²) in [5.74, 6) is 0.750. The minimum atomic E-state index is 0.299. The lowest BCUT2D eigenvalue weighted by Gasteiger charge is -2.41. The van der Waals surface area contributed by atoms with E-state index in [2.05, 4.69) is 39.5 Å². The van der Waals surface area contributed by atoms with Gasteiger partial charge in [0.15, 0.2) is 0 Å². The molecule has 0 spiro atoms. The maximum Gasteiger partial charge on any atom is 0.0179 e. The molecule has 2 rings (SSSR count). The van der Waals surface area contributed by atoms with Crippen LogP contribution in [0, 0.1) is 11.3 Å². The second kappa shape index (κ2) is 3.21. The summed E-state index contributed by atoms with van der Waals surface area (Å²) >= 11 is 0. The average Bonchev–Trinajstić information content (AvgIpc) is 2.69. The molecule has 1 aliphatic carbocycles. The van der Waals surface area contributed by atoms with Crippen LogP contribution in [0.4, 0.5) is 0 Å². The summed E-state index contributed by atoms with van der Waals surface area (Å²) < 4.78 is 0. The summed E-state index contributed by atoms with van der Waals surface area (Å²) in [6.45, 7) is 12.6. The topological polar surface area (TPSA) is 29.3 Å². The molecule has 2 aliphatic rings. The number of nitrogens with zero attached hydrogens (tertiary/aromatic N) is 1. The highest BCUT2D eigenvalue weighted by Crippen LogP contribution is 2.61. The van der Waals surface area contributed by atoms with Gasteiger partial charge in [0, 0.05) is 23.0 Å². The number of fused-ring (bicyclic) bond motifs is 1. The van der Waals surface area contributed by atoms with E-state index in [-0.39, 0.29) is 0 Å². The normalized spacial score (nSPS) is 41.0. The van der Waals surface area contributed by atoms with Crippen LogP contribution in [0.3, 0.4) is 0 Å². The van der Waals surface area contributed by atoms with Gasteiger partial charge in [0.05, 0.1) is 0 Å². The fraction of sp³-hybridized carbons (Fsp3) is 1.00. The Kier molecular flexibility index (Phi) is 2.44. The van der Waals surface area contributed by atoms with Crippen molar-refractivity contribution >= 4 is 0 Å². The van der Waals surface area contributed by atoms with Crippen molar-refractivity contribution in [3.8, 4) is 0 Å². The molecule has 88 valence electrons. The lowest BCUT2D eigenvalue weighted by molar-refractivity contribution is 0.0713. The van der Waals surface area contributed by atoms with Crippen molar-refractivity contribution in [2.45, 2.75) is 65.1 Å². The van der Waals surface area contributed by atoms with Gasteiger partial charge in [0.1, 0.15) is 0 Å². The predicted octanol–water partition coefficient (Wildman–Crippen LogP) is 2.23. The lowest BCUT2D eigenvalue weighted by atomic mass is 9.91. The molecule has 0 radical (unpaired) electrons. The molecule has 0 aromatic carbocycles. The number of hydrogen-bond donors (Lipinski definition) is 1. The van der Waals surface area contributed by atoms with Crippen molar-refractivity contribution in [1.82, 2.24) is 4.90 Å². The van der Waals surface area contributed by atoms with Gasteiger partial charge >= 0.3 is 0 Å². The van der Waals surface area contributed by atoms with Gasteiger partial charge in [-0.25, -0.2) is 0 Å². The second-order valence-electron chi connectivity index (χ2n) is 6.88. The van der Waals surface area contributed by atoms with Crippen molar-refractivity contribution in [3.05, 3.63) is 0 Å². The van der Waals surface area contributed by atoms with Gasteiger partial charge in [0.2, 0.25) is 0 Å². The van der Waals surface area contributed by atoms with E-state index in [4.69, 9.17) is 5.73 Å². The summed E-state index contributed by atoms with van der Waals surface area (Å²) in [7, 11) is 0. The zero-order chi connectivity index (χ0) is 11.4. The van der Waals surface area contributed by atoms with E-state index in [1.54, 1.807) is 0 Å². The van der Waals surface area contributed by atoms with E-state index in [9.17, 15) is 0 Å². The smallest absolute Gasteiger partial charge is 0.0179 e. The first-order valence-electron chi connectivity index (χ1n) is 6.30. The Morgan fingerprint density at radius 1 is 1.33 bits per heavy atom. The Hall–Kier alpha value is -0.0800. The number of nitrogens with two attached hydrogens (primary N) is 1. The average molecular weight is 210 g/mol. The zero-order valence-corrected chi connectivity index (χ0v) is 10.9. The quantitative estimate of drug-likeness (QED) is 0.757. The predicted molar refractivity (Wildman–Crippen MR) is 64.7 cm³/mol. The van der Waals surface area contributed by atoms with E-state index < -0.39 is 0 Å². The zero-order valence-electron chi connectivity index (χ0n) is 10.9. The van der Waals surface area contributed by atoms with Gasteiger partial charge in [-0.3, -0.25) is 4.90 Å². The van der Waals surface area contributed by atoms with Crippen LogP contribution in [-0.2, 0) is 0 Å². The molecular weight excluding hydrogens is 184 g/mol. The molecule has 2 nitrogen and oxygen atoms in total. The van der Waals surface area contributed by atoms with Crippen LogP contribution in [0.5, 0.6) is 0 Å². The van der Waals surface area contributed by atoms with Crippen molar-refractivity contribution in [1.29, 1.82) is 0 Å². The molecule has 15 heavy (non-hydrogen) atoms. The monoisotopic (exact) mass is 210 g/mol. The highest BCUT2D eigenvalue weighted by molar-refractivity contribution is 5.19. The highest BCUT2D eigenvalue weighted by Gasteiger charge is 2.65. The summed E-state index contributed by atoms with van der Waals surface area (Å²) in [4.78, 5) is 2.74. The molecule has 2 fully saturated rings. The van der Waals surface area contributed by atoms with Crippen LogP contribution < -0.4 is 5.73 Å². The summed E-state index contributed by atoms with van der Waals surface area (Å²) in [5, 5.41) is 0. The molecule has 0 aromatic rings. The number of hydrogen-bond acceptors (Lipinski definition) is 2. The van der Waals surface area contributed by atoms with Crippen LogP contribution >= 0.6 is 0 Å². The van der Waals surface area contributed by atoms with E-state index in [0.29, 0.717) is 11.0 Å². The van der Waals surface area contributed by atoms with Crippen LogP contribution in [0.15, 0.2) is 0 Å². The van der Waals surface area contributed by atoms with Crippen molar-refractivity contribution in [2.24, 2.45) is 17.1 Å². The SMILES string of the molecule is CC(C)C1C[C@@]2(CN)CC2N1C(C)(C)C. The fourth-order valence-corrected chi connectivity index (χ4v) is 3.51. The van der Waals surface area contributed by atoms with Gasteiger partial charge in [-0.15, -0.1) is 0 Å². The van der Waals surface area contributed by atoms with Crippen LogP contribution in [0.1, 0.15) is 47.5 Å². The third kappa shape index (κ3) is 1.62. The molecule has 1 aliphatic heterocycles. The first-order chi connectivity index (χ1) is 6.82. The standard InChI is InChI=1S/C13H26N2/c1-9(2)10-6-13(8-14)7-11(13)15(10)12(3,4)5/h9-11H,6-8,14H2,1-5H3/t10?,11?,13-/m0/s1. The van der Waals surface area contributed by atoms with Crippen LogP contribution in [-0.4, -0.2) is 29.1 Å². The van der Waals surface area contributed by atoms with E-state index >= 15 is 0 Å². The van der Waals surface area contributed by atoms with Gasteiger partial charge in [0.25, 0.3) is 0 Å². The third-order valence-electron chi connectivity index (χ3n) is 4.41. The maximum absolute atomic E-state index is 5.95. The highest BCUT2D eigenvalue weighted by atomic mass is 15.3. The molecule has 2 heteroatoms. The Morgan fingerprint density at radius 3 is 2.27 bits per heavy atom. The van der Waals surface area contributed by atoms with Gasteiger partial charge < -0.3 is 5.73 Å². The molecule has 1 saturated carbocycles. The lowest BCUT2D eigenvalue weighted by Crippen LogP contribution is -2.48. The van der Waals surface area contributed by atoms with Crippen LogP contribution in [0.2, 0.25) is 0 Å². The minimum Gasteiger partial charge on any atom is -0.330 e. The molecule has 3 atom stereocenters. The largest absolute Gasteiger partial charge is 0.330 e. The summed E-state index contributed by atoms with van der Waals surface area (Å²) in [5.41, 5.74) is 6.74. The first-order valence-corrected chi connectivity index (χ1v) is 6.30. The Labute approximate surface area is 94.2 Å². The molecular formula is C13H26N2.